The number of carbonyl (C=O) groups is 1. The van der Waals surface area contributed by atoms with E-state index in [4.69, 9.17) is 11.6 Å². The first-order valence-corrected chi connectivity index (χ1v) is 10.2. The highest BCUT2D eigenvalue weighted by molar-refractivity contribution is 6.30. The summed E-state index contributed by atoms with van der Waals surface area (Å²) in [5.74, 6) is -0.484. The zero-order chi connectivity index (χ0) is 22.1. The van der Waals surface area contributed by atoms with Gasteiger partial charge >= 0.3 is 6.03 Å². The van der Waals surface area contributed by atoms with Crippen LogP contribution in [0.15, 0.2) is 30.5 Å². The van der Waals surface area contributed by atoms with Gasteiger partial charge in [0, 0.05) is 35.5 Å². The van der Waals surface area contributed by atoms with E-state index in [0.29, 0.717) is 11.7 Å². The number of nitrogens with zero attached hydrogens (tertiary/aromatic N) is 2. The second-order valence-corrected chi connectivity index (χ2v) is 9.05. The van der Waals surface area contributed by atoms with Crippen molar-refractivity contribution in [2.75, 3.05) is 11.9 Å². The third kappa shape index (κ3) is 5.25. The maximum Gasteiger partial charge on any atom is 0.319 e. The van der Waals surface area contributed by atoms with Crippen LogP contribution in [0.3, 0.4) is 0 Å². The Balaban J connectivity index is 1.90. The largest absolute Gasteiger partial charge is 0.338 e. The van der Waals surface area contributed by atoms with E-state index >= 15 is 0 Å². The SMILES string of the molecule is Cc1cc(F)c(NC(=O)NCCC(C)(C)C)cc1-c1cc2cnc(Cl)cc2nc1C. The second-order valence-electron chi connectivity index (χ2n) is 8.66. The van der Waals surface area contributed by atoms with Gasteiger partial charge in [-0.15, -0.1) is 0 Å². The fraction of sp³-hybridized carbons (Fsp3) is 0.348. The first kappa shape index (κ1) is 22.0. The average Bonchev–Trinajstić information content (AvgIpc) is 2.62. The number of hydrogen-bond acceptors (Lipinski definition) is 3. The van der Waals surface area contributed by atoms with E-state index in [1.54, 1.807) is 18.3 Å². The molecule has 0 saturated heterocycles. The number of anilines is 1. The zero-order valence-electron chi connectivity index (χ0n) is 17.9. The van der Waals surface area contributed by atoms with Gasteiger partial charge in [0.15, 0.2) is 0 Å². The van der Waals surface area contributed by atoms with Crippen LogP contribution in [0.25, 0.3) is 22.0 Å². The topological polar surface area (TPSA) is 66.9 Å². The molecule has 0 saturated carbocycles. The van der Waals surface area contributed by atoms with Gasteiger partial charge in [-0.2, -0.15) is 0 Å². The van der Waals surface area contributed by atoms with Crippen molar-refractivity contribution in [1.82, 2.24) is 15.3 Å². The predicted octanol–water partition coefficient (Wildman–Crippen LogP) is 6.26. The van der Waals surface area contributed by atoms with Crippen LogP contribution < -0.4 is 10.6 Å². The Labute approximate surface area is 181 Å². The van der Waals surface area contributed by atoms with Crippen LogP contribution in [0.5, 0.6) is 0 Å². The number of pyridine rings is 2. The first-order chi connectivity index (χ1) is 14.0. The first-order valence-electron chi connectivity index (χ1n) is 9.82. The van der Waals surface area contributed by atoms with Crippen LogP contribution in [-0.2, 0) is 0 Å². The number of aryl methyl sites for hydroxylation is 2. The van der Waals surface area contributed by atoms with Crippen molar-refractivity contribution in [3.8, 4) is 11.1 Å². The summed E-state index contributed by atoms with van der Waals surface area (Å²) in [6.45, 7) is 10.5. The number of nitrogens with one attached hydrogen (secondary N) is 2. The van der Waals surface area contributed by atoms with Crippen molar-refractivity contribution in [2.24, 2.45) is 5.41 Å². The molecule has 2 aromatic heterocycles. The number of halogens is 2. The van der Waals surface area contributed by atoms with Crippen molar-refractivity contribution >= 4 is 34.2 Å². The van der Waals surface area contributed by atoms with E-state index < -0.39 is 11.8 Å². The van der Waals surface area contributed by atoms with Gasteiger partial charge in [0.2, 0.25) is 0 Å². The molecule has 0 aliphatic rings. The molecule has 2 heterocycles. The van der Waals surface area contributed by atoms with Gasteiger partial charge in [0.1, 0.15) is 11.0 Å². The van der Waals surface area contributed by atoms with Gasteiger partial charge in [0.05, 0.1) is 11.2 Å². The van der Waals surface area contributed by atoms with Crippen molar-refractivity contribution in [1.29, 1.82) is 0 Å². The van der Waals surface area contributed by atoms with Crippen LogP contribution in [0, 0.1) is 25.1 Å². The number of amides is 2. The maximum absolute atomic E-state index is 14.5. The van der Waals surface area contributed by atoms with E-state index in [0.717, 1.165) is 39.7 Å². The summed E-state index contributed by atoms with van der Waals surface area (Å²) < 4.78 is 14.5. The summed E-state index contributed by atoms with van der Waals surface area (Å²) in [5.41, 5.74) is 4.14. The van der Waals surface area contributed by atoms with Crippen molar-refractivity contribution in [3.63, 3.8) is 0 Å². The molecule has 0 bridgehead atoms. The van der Waals surface area contributed by atoms with E-state index in [-0.39, 0.29) is 11.1 Å². The Kier molecular flexibility index (Phi) is 6.27. The lowest BCUT2D eigenvalue weighted by Crippen LogP contribution is -2.31. The van der Waals surface area contributed by atoms with Crippen LogP contribution in [0.1, 0.15) is 38.4 Å². The highest BCUT2D eigenvalue weighted by Gasteiger charge is 2.15. The molecule has 0 spiro atoms. The number of carbonyl (C=O) groups excluding carboxylic acids is 1. The molecule has 0 aliphatic carbocycles. The highest BCUT2D eigenvalue weighted by atomic mass is 35.5. The number of hydrogen-bond donors (Lipinski definition) is 2. The molecule has 158 valence electrons. The molecule has 0 atom stereocenters. The molecule has 5 nitrogen and oxygen atoms in total. The van der Waals surface area contributed by atoms with Crippen molar-refractivity contribution in [3.05, 3.63) is 52.7 Å². The minimum absolute atomic E-state index is 0.106. The summed E-state index contributed by atoms with van der Waals surface area (Å²) >= 11 is 5.96. The molecule has 0 aliphatic heterocycles. The van der Waals surface area contributed by atoms with E-state index in [2.05, 4.69) is 41.4 Å². The van der Waals surface area contributed by atoms with E-state index in [9.17, 15) is 9.18 Å². The molecular weight excluding hydrogens is 403 g/mol. The molecule has 0 unspecified atom stereocenters. The lowest BCUT2D eigenvalue weighted by atomic mass is 9.92. The van der Waals surface area contributed by atoms with Gasteiger partial charge in [-0.3, -0.25) is 4.98 Å². The van der Waals surface area contributed by atoms with Crippen LogP contribution in [0.4, 0.5) is 14.9 Å². The summed E-state index contributed by atoms with van der Waals surface area (Å²) in [7, 11) is 0. The number of urea groups is 1. The molecule has 30 heavy (non-hydrogen) atoms. The van der Waals surface area contributed by atoms with Crippen LogP contribution in [-0.4, -0.2) is 22.5 Å². The predicted molar refractivity (Wildman–Crippen MR) is 121 cm³/mol. The Hall–Kier alpha value is -2.73. The molecule has 2 N–H and O–H groups in total. The standard InChI is InChI=1S/C23H26ClFN4O/c1-13-8-18(25)20(29-22(30)26-7-6-23(3,4)5)10-16(13)17-9-15-12-27-21(24)11-19(15)28-14(17)2/h8-12H,6-7H2,1-5H3,(H2,26,29,30). The van der Waals surface area contributed by atoms with E-state index in [1.165, 1.54) is 6.07 Å². The van der Waals surface area contributed by atoms with E-state index in [1.807, 2.05) is 19.9 Å². The maximum atomic E-state index is 14.5. The lowest BCUT2D eigenvalue weighted by molar-refractivity contribution is 0.250. The minimum Gasteiger partial charge on any atom is -0.338 e. The number of fused-ring (bicyclic) bond motifs is 1. The Morgan fingerprint density at radius 2 is 1.87 bits per heavy atom. The Bertz CT molecular complexity index is 1110. The van der Waals surface area contributed by atoms with Gasteiger partial charge in [-0.1, -0.05) is 32.4 Å². The molecule has 2 amide bonds. The van der Waals surface area contributed by atoms with Gasteiger partial charge in [0.25, 0.3) is 0 Å². The molecule has 1 aromatic carbocycles. The third-order valence-electron chi connectivity index (χ3n) is 4.87. The van der Waals surface area contributed by atoms with Gasteiger partial charge in [-0.25, -0.2) is 14.2 Å². The monoisotopic (exact) mass is 428 g/mol. The molecule has 0 radical (unpaired) electrons. The molecule has 3 aromatic rings. The smallest absolute Gasteiger partial charge is 0.319 e. The average molecular weight is 429 g/mol. The van der Waals surface area contributed by atoms with Crippen molar-refractivity contribution < 1.29 is 9.18 Å². The van der Waals surface area contributed by atoms with Crippen LogP contribution >= 0.6 is 11.6 Å². The van der Waals surface area contributed by atoms with Gasteiger partial charge < -0.3 is 10.6 Å². The summed E-state index contributed by atoms with van der Waals surface area (Å²) in [6, 6.07) is 6.30. The molecule has 0 fully saturated rings. The zero-order valence-corrected chi connectivity index (χ0v) is 18.6. The number of benzene rings is 1. The Morgan fingerprint density at radius 3 is 2.57 bits per heavy atom. The fourth-order valence-electron chi connectivity index (χ4n) is 3.19. The second kappa shape index (κ2) is 8.56. The van der Waals surface area contributed by atoms with Crippen molar-refractivity contribution in [2.45, 2.75) is 41.0 Å². The normalized spacial score (nSPS) is 11.6. The highest BCUT2D eigenvalue weighted by Crippen LogP contribution is 2.32. The fourth-order valence-corrected chi connectivity index (χ4v) is 3.34. The Morgan fingerprint density at radius 1 is 1.13 bits per heavy atom. The minimum atomic E-state index is -0.484. The molecule has 7 heteroatoms. The third-order valence-corrected chi connectivity index (χ3v) is 5.08. The summed E-state index contributed by atoms with van der Waals surface area (Å²) in [5, 5.41) is 6.61. The van der Waals surface area contributed by atoms with Crippen LogP contribution in [0.2, 0.25) is 5.15 Å². The number of rotatable bonds is 4. The van der Waals surface area contributed by atoms with Gasteiger partial charge in [-0.05, 0) is 55.0 Å². The lowest BCUT2D eigenvalue weighted by Gasteiger charge is -2.18. The number of aromatic nitrogens is 2. The summed E-state index contributed by atoms with van der Waals surface area (Å²) in [4.78, 5) is 21.0. The molecule has 3 rings (SSSR count). The quantitative estimate of drug-likeness (QED) is 0.481. The molecular formula is C23H26ClFN4O. The summed E-state index contributed by atoms with van der Waals surface area (Å²) in [6.07, 6.45) is 2.48.